The maximum Gasteiger partial charge on any atom is 0.417 e. The summed E-state index contributed by atoms with van der Waals surface area (Å²) < 4.78 is 31.0. The fourth-order valence-electron chi connectivity index (χ4n) is 2.82. The third-order valence-corrected chi connectivity index (χ3v) is 6.11. The third-order valence-electron chi connectivity index (χ3n) is 4.16. The van der Waals surface area contributed by atoms with Gasteiger partial charge in [-0.25, -0.2) is 13.2 Å². The van der Waals surface area contributed by atoms with E-state index >= 15 is 0 Å². The lowest BCUT2D eigenvalue weighted by molar-refractivity contribution is 0.384. The summed E-state index contributed by atoms with van der Waals surface area (Å²) in [5, 5.41) is 0. The molecule has 1 aromatic carbocycles. The van der Waals surface area contributed by atoms with Crippen molar-refractivity contribution in [3.8, 4) is 0 Å². The van der Waals surface area contributed by atoms with E-state index in [-0.39, 0.29) is 5.75 Å². The molecule has 0 aliphatic carbocycles. The van der Waals surface area contributed by atoms with Gasteiger partial charge in [0.05, 0.1) is 11.3 Å². The van der Waals surface area contributed by atoms with Crippen LogP contribution in [0.1, 0.15) is 19.8 Å². The molecule has 0 saturated carbocycles. The van der Waals surface area contributed by atoms with E-state index in [0.717, 1.165) is 12.1 Å². The SMILES string of the molecule is CCCCS(=O)(=O)N1CCN(c2ccc3oc(=O)[nH]c3c2)CC1. The average molecular weight is 339 g/mol. The van der Waals surface area contributed by atoms with Crippen molar-refractivity contribution in [2.24, 2.45) is 0 Å². The van der Waals surface area contributed by atoms with Crippen molar-refractivity contribution in [3.05, 3.63) is 28.7 Å². The van der Waals surface area contributed by atoms with Crippen LogP contribution in [-0.4, -0.2) is 49.6 Å². The summed E-state index contributed by atoms with van der Waals surface area (Å²) >= 11 is 0. The number of hydrogen-bond donors (Lipinski definition) is 1. The number of rotatable bonds is 5. The normalized spacial score (nSPS) is 17.0. The first-order valence-electron chi connectivity index (χ1n) is 7.85. The highest BCUT2D eigenvalue weighted by Gasteiger charge is 2.26. The van der Waals surface area contributed by atoms with Gasteiger partial charge in [0.25, 0.3) is 0 Å². The first-order chi connectivity index (χ1) is 11.0. The van der Waals surface area contributed by atoms with Gasteiger partial charge in [0, 0.05) is 31.9 Å². The van der Waals surface area contributed by atoms with Gasteiger partial charge in [-0.05, 0) is 24.6 Å². The van der Waals surface area contributed by atoms with Crippen LogP contribution in [0.15, 0.2) is 27.4 Å². The number of aromatic amines is 1. The van der Waals surface area contributed by atoms with Gasteiger partial charge in [-0.15, -0.1) is 0 Å². The molecule has 1 aliphatic rings. The van der Waals surface area contributed by atoms with Crippen LogP contribution < -0.4 is 10.7 Å². The monoisotopic (exact) mass is 339 g/mol. The number of oxazole rings is 1. The van der Waals surface area contributed by atoms with Crippen LogP contribution in [0.5, 0.6) is 0 Å². The number of aromatic nitrogens is 1. The molecule has 1 saturated heterocycles. The quantitative estimate of drug-likeness (QED) is 0.889. The minimum Gasteiger partial charge on any atom is -0.408 e. The zero-order valence-corrected chi connectivity index (χ0v) is 13.9. The highest BCUT2D eigenvalue weighted by molar-refractivity contribution is 7.89. The van der Waals surface area contributed by atoms with Crippen molar-refractivity contribution >= 4 is 26.8 Å². The van der Waals surface area contributed by atoms with E-state index in [1.165, 1.54) is 0 Å². The second kappa shape index (κ2) is 6.37. The molecule has 0 spiro atoms. The molecule has 1 aromatic heterocycles. The number of nitrogens with zero attached hydrogens (tertiary/aromatic N) is 2. The number of fused-ring (bicyclic) bond motifs is 1. The molecule has 1 N–H and O–H groups in total. The van der Waals surface area contributed by atoms with Crippen molar-refractivity contribution in [2.75, 3.05) is 36.8 Å². The minimum absolute atomic E-state index is 0.228. The van der Waals surface area contributed by atoms with Gasteiger partial charge in [-0.2, -0.15) is 4.31 Å². The van der Waals surface area contributed by atoms with Crippen molar-refractivity contribution in [1.29, 1.82) is 0 Å². The minimum atomic E-state index is -3.14. The number of hydrogen-bond acceptors (Lipinski definition) is 5. The van der Waals surface area contributed by atoms with Crippen molar-refractivity contribution in [1.82, 2.24) is 9.29 Å². The van der Waals surface area contributed by atoms with E-state index < -0.39 is 15.8 Å². The number of unbranched alkanes of at least 4 members (excludes halogenated alkanes) is 1. The number of nitrogens with one attached hydrogen (secondary N) is 1. The summed E-state index contributed by atoms with van der Waals surface area (Å²) in [7, 11) is -3.14. The standard InChI is InChI=1S/C15H21N3O4S/c1-2-3-10-23(20,21)18-8-6-17(7-9-18)12-4-5-14-13(11-12)16-15(19)22-14/h4-5,11H,2-3,6-10H2,1H3,(H,16,19). The number of anilines is 1. The molecule has 0 radical (unpaired) electrons. The molecule has 3 rings (SSSR count). The smallest absolute Gasteiger partial charge is 0.408 e. The fraction of sp³-hybridized carbons (Fsp3) is 0.533. The molecule has 1 fully saturated rings. The lowest BCUT2D eigenvalue weighted by Gasteiger charge is -2.35. The maximum atomic E-state index is 12.2. The van der Waals surface area contributed by atoms with E-state index in [0.29, 0.717) is 43.7 Å². The Hall–Kier alpha value is -1.80. The van der Waals surface area contributed by atoms with Gasteiger partial charge in [0.15, 0.2) is 5.58 Å². The Balaban J connectivity index is 1.69. The van der Waals surface area contributed by atoms with E-state index in [4.69, 9.17) is 4.42 Å². The summed E-state index contributed by atoms with van der Waals surface area (Å²) in [6.45, 7) is 4.25. The van der Waals surface area contributed by atoms with Crippen molar-refractivity contribution in [3.63, 3.8) is 0 Å². The highest BCUT2D eigenvalue weighted by Crippen LogP contribution is 2.22. The van der Waals surface area contributed by atoms with Crippen LogP contribution in [-0.2, 0) is 10.0 Å². The number of sulfonamides is 1. The zero-order valence-electron chi connectivity index (χ0n) is 13.1. The van der Waals surface area contributed by atoms with Gasteiger partial charge in [-0.1, -0.05) is 13.3 Å². The molecule has 1 aliphatic heterocycles. The van der Waals surface area contributed by atoms with E-state index in [9.17, 15) is 13.2 Å². The maximum absolute atomic E-state index is 12.2. The average Bonchev–Trinajstić information content (AvgIpc) is 2.92. The molecule has 0 bridgehead atoms. The number of piperazine rings is 1. The Labute approximate surface area is 134 Å². The van der Waals surface area contributed by atoms with E-state index in [1.54, 1.807) is 10.4 Å². The lowest BCUT2D eigenvalue weighted by atomic mass is 10.2. The Kier molecular flexibility index (Phi) is 4.45. The van der Waals surface area contributed by atoms with E-state index in [1.807, 2.05) is 19.1 Å². The number of benzene rings is 1. The van der Waals surface area contributed by atoms with Crippen LogP contribution in [0.4, 0.5) is 5.69 Å². The zero-order chi connectivity index (χ0) is 16.4. The van der Waals surface area contributed by atoms with Gasteiger partial charge < -0.3 is 9.32 Å². The summed E-state index contributed by atoms with van der Waals surface area (Å²) in [6, 6.07) is 5.51. The Morgan fingerprint density at radius 3 is 2.65 bits per heavy atom. The summed E-state index contributed by atoms with van der Waals surface area (Å²) in [4.78, 5) is 16.0. The van der Waals surface area contributed by atoms with Crippen LogP contribution in [0.25, 0.3) is 11.1 Å². The second-order valence-corrected chi connectivity index (χ2v) is 7.84. The summed E-state index contributed by atoms with van der Waals surface area (Å²) in [6.07, 6.45) is 1.58. The van der Waals surface area contributed by atoms with Crippen LogP contribution >= 0.6 is 0 Å². The van der Waals surface area contributed by atoms with Crippen molar-refractivity contribution < 1.29 is 12.8 Å². The van der Waals surface area contributed by atoms with Crippen LogP contribution in [0.3, 0.4) is 0 Å². The lowest BCUT2D eigenvalue weighted by Crippen LogP contribution is -2.49. The summed E-state index contributed by atoms with van der Waals surface area (Å²) in [5.41, 5.74) is 2.14. The predicted octanol–water partition coefficient (Wildman–Crippen LogP) is 1.37. The molecule has 7 nitrogen and oxygen atoms in total. The molecule has 2 aromatic rings. The van der Waals surface area contributed by atoms with Gasteiger partial charge >= 0.3 is 5.76 Å². The van der Waals surface area contributed by atoms with E-state index in [2.05, 4.69) is 9.88 Å². The Bertz CT molecular complexity index is 832. The highest BCUT2D eigenvalue weighted by atomic mass is 32.2. The third kappa shape index (κ3) is 3.42. The molecule has 126 valence electrons. The molecular weight excluding hydrogens is 318 g/mol. The first-order valence-corrected chi connectivity index (χ1v) is 9.46. The van der Waals surface area contributed by atoms with Gasteiger partial charge in [0.1, 0.15) is 0 Å². The second-order valence-electron chi connectivity index (χ2n) is 5.75. The molecule has 0 unspecified atom stereocenters. The predicted molar refractivity (Wildman–Crippen MR) is 89.3 cm³/mol. The molecule has 23 heavy (non-hydrogen) atoms. The van der Waals surface area contributed by atoms with Gasteiger partial charge in [-0.3, -0.25) is 4.98 Å². The van der Waals surface area contributed by atoms with Gasteiger partial charge in [0.2, 0.25) is 10.0 Å². The first kappa shape index (κ1) is 16.1. The largest absolute Gasteiger partial charge is 0.417 e. The molecular formula is C15H21N3O4S. The Morgan fingerprint density at radius 2 is 1.96 bits per heavy atom. The topological polar surface area (TPSA) is 86.6 Å². The molecule has 0 atom stereocenters. The van der Waals surface area contributed by atoms with Crippen molar-refractivity contribution in [2.45, 2.75) is 19.8 Å². The Morgan fingerprint density at radius 1 is 1.22 bits per heavy atom. The molecule has 2 heterocycles. The molecule has 8 heteroatoms. The van der Waals surface area contributed by atoms with Crippen LogP contribution in [0.2, 0.25) is 0 Å². The summed E-state index contributed by atoms with van der Waals surface area (Å²) in [5.74, 6) is -0.241. The fourth-order valence-corrected chi connectivity index (χ4v) is 4.45. The molecule has 0 amide bonds. The van der Waals surface area contributed by atoms with Crippen LogP contribution in [0, 0.1) is 0 Å². The number of H-pyrrole nitrogens is 1.